The molecule has 3 N–H and O–H groups in total. The summed E-state index contributed by atoms with van der Waals surface area (Å²) in [6.07, 6.45) is 29.5. The summed E-state index contributed by atoms with van der Waals surface area (Å²) in [5.74, 6) is -0.544. The van der Waals surface area contributed by atoms with E-state index in [1.807, 2.05) is 0 Å². The Bertz CT molecular complexity index is 815. The SMILES string of the molecule is CC/C=C\C/C=C\C/C=C\CCCCCCCC(=O)NCCOP(=O)(O)OCC(O)COC(=O)CCCCCCCCC. The Morgan fingerprint density at radius 3 is 2.00 bits per heavy atom. The van der Waals surface area contributed by atoms with Crippen LogP contribution in [0.1, 0.15) is 129 Å². The Morgan fingerprint density at radius 2 is 1.33 bits per heavy atom. The smallest absolute Gasteiger partial charge is 0.463 e. The van der Waals surface area contributed by atoms with Crippen LogP contribution >= 0.6 is 7.82 Å². The van der Waals surface area contributed by atoms with Gasteiger partial charge in [-0.15, -0.1) is 0 Å². The molecule has 0 aromatic heterocycles. The third-order valence-corrected chi connectivity index (χ3v) is 7.57. The molecule has 2 atom stereocenters. The van der Waals surface area contributed by atoms with Crippen molar-refractivity contribution < 1.29 is 37.9 Å². The number of ether oxygens (including phenoxy) is 1. The van der Waals surface area contributed by atoms with Crippen molar-refractivity contribution in [3.8, 4) is 0 Å². The van der Waals surface area contributed by atoms with Crippen LogP contribution in [0.5, 0.6) is 0 Å². The molecule has 10 heteroatoms. The number of carbonyl (C=O) groups excluding carboxylic acids is 2. The first-order chi connectivity index (χ1) is 20.8. The molecule has 0 aromatic rings. The van der Waals surface area contributed by atoms with Gasteiger partial charge in [-0.25, -0.2) is 4.57 Å². The van der Waals surface area contributed by atoms with Crippen LogP contribution in [0.15, 0.2) is 36.5 Å². The van der Waals surface area contributed by atoms with Crippen molar-refractivity contribution >= 4 is 19.7 Å². The second-order valence-corrected chi connectivity index (χ2v) is 12.2. The van der Waals surface area contributed by atoms with Crippen LogP contribution in [0.25, 0.3) is 0 Å². The van der Waals surface area contributed by atoms with Gasteiger partial charge in [0.15, 0.2) is 0 Å². The van der Waals surface area contributed by atoms with Crippen molar-refractivity contribution in [3.63, 3.8) is 0 Å². The minimum absolute atomic E-state index is 0.0719. The summed E-state index contributed by atoms with van der Waals surface area (Å²) in [5.41, 5.74) is 0. The fraction of sp³-hybridized carbons (Fsp3) is 0.758. The summed E-state index contributed by atoms with van der Waals surface area (Å²) in [5, 5.41) is 12.5. The normalized spacial score (nSPS) is 14.0. The summed E-state index contributed by atoms with van der Waals surface area (Å²) in [7, 11) is -4.40. The van der Waals surface area contributed by atoms with Gasteiger partial charge in [0.25, 0.3) is 0 Å². The van der Waals surface area contributed by atoms with Crippen LogP contribution in [-0.2, 0) is 27.9 Å². The molecule has 1 amide bonds. The first kappa shape index (κ1) is 41.2. The molecule has 43 heavy (non-hydrogen) atoms. The third-order valence-electron chi connectivity index (χ3n) is 6.58. The van der Waals surface area contributed by atoms with Crippen molar-refractivity contribution in [1.82, 2.24) is 5.32 Å². The number of hydrogen-bond donors (Lipinski definition) is 3. The molecule has 0 saturated heterocycles. The van der Waals surface area contributed by atoms with Gasteiger partial charge in [-0.1, -0.05) is 108 Å². The average molecular weight is 630 g/mol. The van der Waals surface area contributed by atoms with Gasteiger partial charge in [-0.3, -0.25) is 18.6 Å². The molecule has 0 saturated carbocycles. The number of carbonyl (C=O) groups is 2. The van der Waals surface area contributed by atoms with Crippen LogP contribution in [-0.4, -0.2) is 54.3 Å². The van der Waals surface area contributed by atoms with Crippen molar-refractivity contribution in [2.24, 2.45) is 0 Å². The summed E-state index contributed by atoms with van der Waals surface area (Å²) in [6, 6.07) is 0. The minimum Gasteiger partial charge on any atom is -0.463 e. The van der Waals surface area contributed by atoms with Crippen molar-refractivity contribution in [2.45, 2.75) is 136 Å². The second kappa shape index (κ2) is 30.3. The molecule has 2 unspecified atom stereocenters. The highest BCUT2D eigenvalue weighted by Gasteiger charge is 2.23. The fourth-order valence-electron chi connectivity index (χ4n) is 4.10. The first-order valence-corrected chi connectivity index (χ1v) is 18.0. The molecule has 250 valence electrons. The zero-order valence-electron chi connectivity index (χ0n) is 26.9. The number of amides is 1. The maximum atomic E-state index is 12.0. The standard InChI is InChI=1S/C33H60NO8P/c1-3-5-7-9-11-12-13-14-15-16-17-18-20-21-23-25-32(36)34-27-28-41-43(38,39)42-30-31(35)29-40-33(37)26-24-22-19-10-8-6-4-2/h5,7,11-12,14-15,31,35H,3-4,6,8-10,13,16-30H2,1-2H3,(H,34,36)(H,38,39)/b7-5-,12-11-,15-14-. The highest BCUT2D eigenvalue weighted by Crippen LogP contribution is 2.42. The molecule has 0 rings (SSSR count). The largest absolute Gasteiger partial charge is 0.472 e. The number of rotatable bonds is 30. The van der Waals surface area contributed by atoms with E-state index in [2.05, 4.69) is 55.6 Å². The molecule has 0 radical (unpaired) electrons. The lowest BCUT2D eigenvalue weighted by atomic mass is 10.1. The van der Waals surface area contributed by atoms with Gasteiger partial charge < -0.3 is 20.1 Å². The summed E-state index contributed by atoms with van der Waals surface area (Å²) >= 11 is 0. The molecule has 0 aliphatic rings. The highest BCUT2D eigenvalue weighted by molar-refractivity contribution is 7.47. The van der Waals surface area contributed by atoms with Crippen LogP contribution in [0.3, 0.4) is 0 Å². The molecule has 0 fully saturated rings. The van der Waals surface area contributed by atoms with E-state index in [9.17, 15) is 24.2 Å². The number of hydrogen-bond acceptors (Lipinski definition) is 7. The zero-order chi connectivity index (χ0) is 31.9. The lowest BCUT2D eigenvalue weighted by Gasteiger charge is -2.15. The van der Waals surface area contributed by atoms with Gasteiger partial charge in [0.2, 0.25) is 5.91 Å². The van der Waals surface area contributed by atoms with E-state index in [-0.39, 0.29) is 32.1 Å². The second-order valence-electron chi connectivity index (χ2n) is 10.8. The van der Waals surface area contributed by atoms with Crippen LogP contribution in [0, 0.1) is 0 Å². The molecule has 0 aromatic carbocycles. The van der Waals surface area contributed by atoms with Crippen molar-refractivity contribution in [2.75, 3.05) is 26.4 Å². The van der Waals surface area contributed by atoms with Crippen molar-refractivity contribution in [1.29, 1.82) is 0 Å². The predicted molar refractivity (Wildman–Crippen MR) is 174 cm³/mol. The topological polar surface area (TPSA) is 131 Å². The van der Waals surface area contributed by atoms with E-state index in [0.29, 0.717) is 6.42 Å². The molecule has 0 bridgehead atoms. The van der Waals surface area contributed by atoms with E-state index in [4.69, 9.17) is 13.8 Å². The van der Waals surface area contributed by atoms with Gasteiger partial charge in [-0.2, -0.15) is 0 Å². The molecule has 0 aliphatic carbocycles. The van der Waals surface area contributed by atoms with Gasteiger partial charge in [0, 0.05) is 19.4 Å². The third kappa shape index (κ3) is 31.5. The number of phosphoric acid groups is 1. The van der Waals surface area contributed by atoms with Gasteiger partial charge in [0.05, 0.1) is 13.2 Å². The monoisotopic (exact) mass is 629 g/mol. The Labute approximate surface area is 261 Å². The van der Waals surface area contributed by atoms with Crippen LogP contribution < -0.4 is 5.32 Å². The van der Waals surface area contributed by atoms with Gasteiger partial charge in [-0.05, 0) is 44.9 Å². The zero-order valence-corrected chi connectivity index (χ0v) is 27.8. The summed E-state index contributed by atoms with van der Waals surface area (Å²) in [6.45, 7) is 3.33. The van der Waals surface area contributed by atoms with Crippen molar-refractivity contribution in [3.05, 3.63) is 36.5 Å². The Morgan fingerprint density at radius 1 is 0.744 bits per heavy atom. The van der Waals surface area contributed by atoms with Gasteiger partial charge >= 0.3 is 13.8 Å². The lowest BCUT2D eigenvalue weighted by molar-refractivity contribution is -0.147. The number of phosphoric ester groups is 1. The van der Waals surface area contributed by atoms with E-state index < -0.39 is 26.5 Å². The molecule has 9 nitrogen and oxygen atoms in total. The minimum atomic E-state index is -4.40. The average Bonchev–Trinajstić information content (AvgIpc) is 2.98. The maximum Gasteiger partial charge on any atom is 0.472 e. The number of aliphatic hydroxyl groups is 1. The van der Waals surface area contributed by atoms with E-state index >= 15 is 0 Å². The van der Waals surface area contributed by atoms with E-state index in [1.165, 1.54) is 25.7 Å². The van der Waals surface area contributed by atoms with E-state index in [0.717, 1.165) is 77.0 Å². The number of esters is 1. The van der Waals surface area contributed by atoms with Crippen LogP contribution in [0.2, 0.25) is 0 Å². The molecule has 0 heterocycles. The fourth-order valence-corrected chi connectivity index (χ4v) is 4.85. The molecule has 0 aliphatic heterocycles. The maximum absolute atomic E-state index is 12.0. The van der Waals surface area contributed by atoms with Crippen LogP contribution in [0.4, 0.5) is 0 Å². The first-order valence-electron chi connectivity index (χ1n) is 16.5. The Kier molecular flexibility index (Phi) is 29.0. The number of nitrogens with one attached hydrogen (secondary N) is 1. The van der Waals surface area contributed by atoms with E-state index in [1.54, 1.807) is 0 Å². The quantitative estimate of drug-likeness (QED) is 0.0317. The predicted octanol–water partition coefficient (Wildman–Crippen LogP) is 7.87. The molecular formula is C33H60NO8P. The number of unbranched alkanes of at least 4 members (excludes halogenated alkanes) is 11. The molecule has 0 spiro atoms. The Hall–Kier alpha value is -1.77. The Balaban J connectivity index is 3.68. The molecular weight excluding hydrogens is 569 g/mol. The number of aliphatic hydroxyl groups excluding tert-OH is 1. The van der Waals surface area contributed by atoms with Gasteiger partial charge in [0.1, 0.15) is 12.7 Å². The summed E-state index contributed by atoms with van der Waals surface area (Å²) < 4.78 is 26.6. The highest BCUT2D eigenvalue weighted by atomic mass is 31.2. The summed E-state index contributed by atoms with van der Waals surface area (Å²) in [4.78, 5) is 33.5. The lowest BCUT2D eigenvalue weighted by Crippen LogP contribution is -2.27. The number of allylic oxidation sites excluding steroid dienone is 6.